The highest BCUT2D eigenvalue weighted by Gasteiger charge is 2.22. The molecule has 146 valence electrons. The molecule has 0 aliphatic rings. The zero-order valence-electron chi connectivity index (χ0n) is 15.2. The van der Waals surface area contributed by atoms with E-state index in [0.29, 0.717) is 12.2 Å². The summed E-state index contributed by atoms with van der Waals surface area (Å²) in [6.45, 7) is 4.00. The number of nitro benzene ring substituents is 1. The molecule has 0 fully saturated rings. The maximum absolute atomic E-state index is 12.7. The lowest BCUT2D eigenvalue weighted by molar-refractivity contribution is -0.384. The third-order valence-electron chi connectivity index (χ3n) is 4.05. The molecule has 10 heteroatoms. The molecule has 0 spiro atoms. The van der Waals surface area contributed by atoms with E-state index in [1.807, 2.05) is 18.4 Å². The summed E-state index contributed by atoms with van der Waals surface area (Å²) in [6.07, 6.45) is 0. The molecule has 0 unspecified atom stereocenters. The summed E-state index contributed by atoms with van der Waals surface area (Å²) in [5, 5.41) is 16.2. The molecule has 3 aromatic rings. The van der Waals surface area contributed by atoms with Crippen LogP contribution >= 0.6 is 11.3 Å². The first-order chi connectivity index (χ1) is 13.3. The molecular weight excluding hydrogens is 400 g/mol. The van der Waals surface area contributed by atoms with Crippen molar-refractivity contribution in [3.8, 4) is 0 Å². The number of rotatable bonds is 7. The maximum Gasteiger partial charge on any atom is 0.293 e. The van der Waals surface area contributed by atoms with Gasteiger partial charge in [-0.15, -0.1) is 11.3 Å². The number of sulfonamides is 1. The summed E-state index contributed by atoms with van der Waals surface area (Å²) in [5.74, 6) is 0. The highest BCUT2D eigenvalue weighted by atomic mass is 32.2. The van der Waals surface area contributed by atoms with Gasteiger partial charge >= 0.3 is 0 Å². The molecule has 0 atom stereocenters. The Hall–Kier alpha value is -2.98. The number of hydrogen-bond acceptors (Lipinski definition) is 7. The molecule has 3 rings (SSSR count). The van der Waals surface area contributed by atoms with Crippen LogP contribution in [0.25, 0.3) is 0 Å². The molecule has 2 N–H and O–H groups in total. The van der Waals surface area contributed by atoms with Crippen LogP contribution in [0.4, 0.5) is 17.1 Å². The van der Waals surface area contributed by atoms with E-state index in [1.54, 1.807) is 24.6 Å². The highest BCUT2D eigenvalue weighted by molar-refractivity contribution is 7.92. The van der Waals surface area contributed by atoms with E-state index in [-0.39, 0.29) is 16.3 Å². The maximum atomic E-state index is 12.7. The lowest BCUT2D eigenvalue weighted by Crippen LogP contribution is -2.14. The van der Waals surface area contributed by atoms with Gasteiger partial charge in [-0.05, 0) is 37.6 Å². The SMILES string of the molecule is Cc1ccc(NS(=O)(=O)c2ccc(NCc3cscn3)c([N+](=O)[O-])c2)c(C)c1. The van der Waals surface area contributed by atoms with Gasteiger partial charge in [-0.1, -0.05) is 17.7 Å². The molecule has 0 saturated heterocycles. The van der Waals surface area contributed by atoms with E-state index < -0.39 is 14.9 Å². The fraction of sp³-hybridized carbons (Fsp3) is 0.167. The Morgan fingerprint density at radius 2 is 1.89 bits per heavy atom. The molecule has 0 radical (unpaired) electrons. The van der Waals surface area contributed by atoms with Gasteiger partial charge in [0.25, 0.3) is 15.7 Å². The standard InChI is InChI=1S/C18H18N4O4S2/c1-12-3-5-16(13(2)7-12)21-28(25,26)15-4-6-17(18(8-15)22(23)24)19-9-14-10-27-11-20-14/h3-8,10-11,19,21H,9H2,1-2H3. The van der Waals surface area contributed by atoms with Crippen LogP contribution in [0.5, 0.6) is 0 Å². The van der Waals surface area contributed by atoms with Crippen molar-refractivity contribution in [2.75, 3.05) is 10.0 Å². The first-order valence-electron chi connectivity index (χ1n) is 8.26. The van der Waals surface area contributed by atoms with E-state index in [9.17, 15) is 18.5 Å². The minimum Gasteiger partial charge on any atom is -0.374 e. The van der Waals surface area contributed by atoms with Gasteiger partial charge in [0.05, 0.1) is 33.3 Å². The first-order valence-corrected chi connectivity index (χ1v) is 10.7. The number of nitrogens with one attached hydrogen (secondary N) is 2. The quantitative estimate of drug-likeness (QED) is 0.441. The van der Waals surface area contributed by atoms with E-state index in [2.05, 4.69) is 15.0 Å². The second-order valence-corrected chi connectivity index (χ2v) is 8.59. The van der Waals surface area contributed by atoms with Crippen LogP contribution in [0.15, 0.2) is 52.2 Å². The van der Waals surface area contributed by atoms with Crippen LogP contribution in [-0.4, -0.2) is 18.3 Å². The molecule has 0 bridgehead atoms. The third-order valence-corrected chi connectivity index (χ3v) is 6.04. The Morgan fingerprint density at radius 1 is 1.14 bits per heavy atom. The van der Waals surface area contributed by atoms with Crippen LogP contribution in [-0.2, 0) is 16.6 Å². The van der Waals surface area contributed by atoms with Crippen molar-refractivity contribution in [1.29, 1.82) is 0 Å². The van der Waals surface area contributed by atoms with Gasteiger partial charge in [-0.2, -0.15) is 0 Å². The van der Waals surface area contributed by atoms with Gasteiger partial charge in [0.1, 0.15) is 5.69 Å². The number of hydrogen-bond donors (Lipinski definition) is 2. The smallest absolute Gasteiger partial charge is 0.293 e. The summed E-state index contributed by atoms with van der Waals surface area (Å²) in [5.41, 5.74) is 4.51. The van der Waals surface area contributed by atoms with Crippen molar-refractivity contribution >= 4 is 38.4 Å². The number of nitro groups is 1. The van der Waals surface area contributed by atoms with Gasteiger partial charge in [-0.3, -0.25) is 14.8 Å². The average Bonchev–Trinajstić information content (AvgIpc) is 3.15. The topological polar surface area (TPSA) is 114 Å². The summed E-state index contributed by atoms with van der Waals surface area (Å²) in [7, 11) is -3.97. The molecule has 0 saturated carbocycles. The van der Waals surface area contributed by atoms with Gasteiger partial charge in [0.2, 0.25) is 0 Å². The Labute approximate surface area is 166 Å². The van der Waals surface area contributed by atoms with E-state index in [4.69, 9.17) is 0 Å². The zero-order valence-corrected chi connectivity index (χ0v) is 16.8. The summed E-state index contributed by atoms with van der Waals surface area (Å²) >= 11 is 1.42. The molecule has 0 amide bonds. The van der Waals surface area contributed by atoms with Crippen molar-refractivity contribution in [1.82, 2.24) is 4.98 Å². The highest BCUT2D eigenvalue weighted by Crippen LogP contribution is 2.29. The minimum absolute atomic E-state index is 0.182. The van der Waals surface area contributed by atoms with Crippen molar-refractivity contribution in [2.45, 2.75) is 25.3 Å². The minimum atomic E-state index is -3.97. The fourth-order valence-corrected chi connectivity index (χ4v) is 4.33. The van der Waals surface area contributed by atoms with Gasteiger partial charge in [0.15, 0.2) is 0 Å². The van der Waals surface area contributed by atoms with Crippen molar-refractivity contribution in [3.63, 3.8) is 0 Å². The predicted octanol–water partition coefficient (Wildman–Crippen LogP) is 4.08. The fourth-order valence-electron chi connectivity index (χ4n) is 2.62. The largest absolute Gasteiger partial charge is 0.374 e. The van der Waals surface area contributed by atoms with Crippen LogP contribution in [0, 0.1) is 24.0 Å². The molecule has 1 heterocycles. The van der Waals surface area contributed by atoms with Crippen molar-refractivity contribution in [3.05, 3.63) is 74.2 Å². The second kappa shape index (κ2) is 7.95. The number of nitrogens with zero attached hydrogens (tertiary/aromatic N) is 2. The number of aryl methyl sites for hydroxylation is 2. The van der Waals surface area contributed by atoms with Gasteiger partial charge in [0, 0.05) is 11.4 Å². The van der Waals surface area contributed by atoms with Gasteiger partial charge in [-0.25, -0.2) is 13.4 Å². The van der Waals surface area contributed by atoms with Crippen LogP contribution < -0.4 is 10.0 Å². The summed E-state index contributed by atoms with van der Waals surface area (Å²) in [6, 6.07) is 9.09. The zero-order chi connectivity index (χ0) is 20.3. The third kappa shape index (κ3) is 4.46. The van der Waals surface area contributed by atoms with E-state index in [1.165, 1.54) is 23.5 Å². The number of anilines is 2. The van der Waals surface area contributed by atoms with E-state index >= 15 is 0 Å². The Kier molecular flexibility index (Phi) is 5.61. The Morgan fingerprint density at radius 3 is 2.54 bits per heavy atom. The average molecular weight is 419 g/mol. The predicted molar refractivity (Wildman–Crippen MR) is 109 cm³/mol. The summed E-state index contributed by atoms with van der Waals surface area (Å²) in [4.78, 5) is 14.8. The van der Waals surface area contributed by atoms with Crippen LogP contribution in [0.3, 0.4) is 0 Å². The molecule has 2 aromatic carbocycles. The number of thiazole rings is 1. The molecule has 28 heavy (non-hydrogen) atoms. The molecule has 1 aromatic heterocycles. The second-order valence-electron chi connectivity index (χ2n) is 6.19. The molecule has 0 aliphatic carbocycles. The van der Waals surface area contributed by atoms with Crippen molar-refractivity contribution in [2.24, 2.45) is 0 Å². The van der Waals surface area contributed by atoms with Crippen molar-refractivity contribution < 1.29 is 13.3 Å². The van der Waals surface area contributed by atoms with E-state index in [0.717, 1.165) is 22.9 Å². The van der Waals surface area contributed by atoms with Crippen LogP contribution in [0.2, 0.25) is 0 Å². The molecule has 0 aliphatic heterocycles. The monoisotopic (exact) mass is 418 g/mol. The van der Waals surface area contributed by atoms with Gasteiger partial charge < -0.3 is 5.32 Å². The summed E-state index contributed by atoms with van der Waals surface area (Å²) < 4.78 is 27.9. The first kappa shape index (κ1) is 19.8. The molecular formula is C18H18N4O4S2. The Bertz CT molecular complexity index is 1110. The van der Waals surface area contributed by atoms with Crippen LogP contribution in [0.1, 0.15) is 16.8 Å². The normalized spacial score (nSPS) is 11.2. The number of aromatic nitrogens is 1. The lowest BCUT2D eigenvalue weighted by atomic mass is 10.1. The lowest BCUT2D eigenvalue weighted by Gasteiger charge is -2.12. The Balaban J connectivity index is 1.88. The molecule has 8 nitrogen and oxygen atoms in total. The number of benzene rings is 2.